The smallest absolute Gasteiger partial charge is 0.265 e. The minimum atomic E-state index is -3.59. The van der Waals surface area contributed by atoms with E-state index in [2.05, 4.69) is 19.2 Å². The molecule has 29 heavy (non-hydrogen) atoms. The molecule has 0 aliphatic rings. The molecule has 6 nitrogen and oxygen atoms in total. The largest absolute Gasteiger partial charge is 0.481 e. The van der Waals surface area contributed by atoms with Crippen molar-refractivity contribution in [3.8, 4) is 5.75 Å². The molecule has 0 saturated carbocycles. The van der Waals surface area contributed by atoms with Crippen molar-refractivity contribution in [3.63, 3.8) is 0 Å². The molecule has 2 aromatic carbocycles. The van der Waals surface area contributed by atoms with Gasteiger partial charge >= 0.3 is 0 Å². The monoisotopic (exact) mass is 418 g/mol. The zero-order valence-corrected chi connectivity index (χ0v) is 18.9. The fraction of sp³-hybridized carbons (Fsp3) is 0.409. The van der Waals surface area contributed by atoms with E-state index in [9.17, 15) is 13.2 Å². The van der Waals surface area contributed by atoms with E-state index in [1.165, 1.54) is 31.8 Å². The van der Waals surface area contributed by atoms with Gasteiger partial charge in [0.25, 0.3) is 5.91 Å². The fourth-order valence-corrected chi connectivity index (χ4v) is 3.90. The summed E-state index contributed by atoms with van der Waals surface area (Å²) in [6, 6.07) is 10.5. The van der Waals surface area contributed by atoms with Gasteiger partial charge in [0, 0.05) is 19.8 Å². The van der Waals surface area contributed by atoms with Gasteiger partial charge in [-0.2, -0.15) is 0 Å². The molecule has 1 amide bonds. The number of hydrogen-bond acceptors (Lipinski definition) is 4. The number of rotatable bonds is 7. The third-order valence-electron chi connectivity index (χ3n) is 4.79. The summed E-state index contributed by atoms with van der Waals surface area (Å²) in [5, 5.41) is 2.78. The number of hydrogen-bond donors (Lipinski definition) is 1. The predicted molar refractivity (Wildman–Crippen MR) is 116 cm³/mol. The molecule has 0 aliphatic heterocycles. The van der Waals surface area contributed by atoms with Gasteiger partial charge < -0.3 is 10.1 Å². The molecular formula is C22H30N2O4S. The number of aryl methyl sites for hydroxylation is 2. The van der Waals surface area contributed by atoms with Crippen LogP contribution in [0.1, 0.15) is 43.4 Å². The van der Waals surface area contributed by atoms with Crippen molar-refractivity contribution >= 4 is 21.6 Å². The average Bonchev–Trinajstić information content (AvgIpc) is 2.62. The Morgan fingerprint density at radius 2 is 1.66 bits per heavy atom. The molecule has 0 radical (unpaired) electrons. The first-order valence-electron chi connectivity index (χ1n) is 9.54. The number of nitrogens with zero attached hydrogens (tertiary/aromatic N) is 1. The van der Waals surface area contributed by atoms with Crippen molar-refractivity contribution < 1.29 is 17.9 Å². The highest BCUT2D eigenvalue weighted by Crippen LogP contribution is 2.25. The minimum absolute atomic E-state index is 0.122. The Hall–Kier alpha value is -2.38. The molecule has 0 bridgehead atoms. The quantitative estimate of drug-likeness (QED) is 0.735. The number of ether oxygens (including phenoxy) is 1. The van der Waals surface area contributed by atoms with Crippen LogP contribution in [0.25, 0.3) is 0 Å². The topological polar surface area (TPSA) is 75.7 Å². The number of amides is 1. The van der Waals surface area contributed by atoms with Gasteiger partial charge in [-0.05, 0) is 67.6 Å². The van der Waals surface area contributed by atoms with E-state index in [-0.39, 0.29) is 10.8 Å². The first-order chi connectivity index (χ1) is 13.4. The van der Waals surface area contributed by atoms with Crippen molar-refractivity contribution in [2.75, 3.05) is 19.4 Å². The molecule has 2 rings (SSSR count). The summed E-state index contributed by atoms with van der Waals surface area (Å²) in [5.41, 5.74) is 3.56. The van der Waals surface area contributed by atoms with Crippen LogP contribution in [0.4, 0.5) is 5.69 Å². The summed E-state index contributed by atoms with van der Waals surface area (Å²) in [4.78, 5) is 12.8. The molecule has 1 N–H and O–H groups in total. The maximum absolute atomic E-state index is 12.6. The minimum Gasteiger partial charge on any atom is -0.481 e. The molecule has 158 valence electrons. The molecule has 0 saturated heterocycles. The van der Waals surface area contributed by atoms with E-state index in [0.717, 1.165) is 15.4 Å². The zero-order valence-electron chi connectivity index (χ0n) is 18.1. The van der Waals surface area contributed by atoms with Crippen LogP contribution < -0.4 is 10.1 Å². The molecule has 0 heterocycles. The highest BCUT2D eigenvalue weighted by Gasteiger charge is 2.21. The summed E-state index contributed by atoms with van der Waals surface area (Å²) in [6.45, 7) is 9.75. The second-order valence-electron chi connectivity index (χ2n) is 7.69. The Balaban J connectivity index is 2.17. The molecule has 0 aliphatic carbocycles. The number of nitrogens with one attached hydrogen (secondary N) is 1. The summed E-state index contributed by atoms with van der Waals surface area (Å²) in [5.74, 6) is 0.687. The van der Waals surface area contributed by atoms with E-state index >= 15 is 0 Å². The number of benzene rings is 2. The summed E-state index contributed by atoms with van der Waals surface area (Å²) >= 11 is 0. The second-order valence-corrected chi connectivity index (χ2v) is 9.84. The third-order valence-corrected chi connectivity index (χ3v) is 6.60. The summed E-state index contributed by atoms with van der Waals surface area (Å²) in [7, 11) is -0.650. The van der Waals surface area contributed by atoms with Crippen molar-refractivity contribution in [1.82, 2.24) is 4.31 Å². The first kappa shape index (κ1) is 22.9. The average molecular weight is 419 g/mol. The van der Waals surface area contributed by atoms with Crippen LogP contribution in [0.5, 0.6) is 5.75 Å². The Bertz CT molecular complexity index is 998. The summed E-state index contributed by atoms with van der Waals surface area (Å²) in [6.07, 6.45) is -0.743. The van der Waals surface area contributed by atoms with Gasteiger partial charge in [0.05, 0.1) is 4.90 Å². The maximum Gasteiger partial charge on any atom is 0.265 e. The van der Waals surface area contributed by atoms with Gasteiger partial charge in [-0.15, -0.1) is 0 Å². The van der Waals surface area contributed by atoms with E-state index in [1.807, 2.05) is 25.1 Å². The molecule has 1 unspecified atom stereocenters. The second kappa shape index (κ2) is 8.97. The van der Waals surface area contributed by atoms with Crippen LogP contribution in [0.15, 0.2) is 41.3 Å². The lowest BCUT2D eigenvalue weighted by Gasteiger charge is -2.18. The van der Waals surface area contributed by atoms with E-state index in [4.69, 9.17) is 4.74 Å². The Morgan fingerprint density at radius 1 is 1.00 bits per heavy atom. The Morgan fingerprint density at radius 3 is 2.21 bits per heavy atom. The highest BCUT2D eigenvalue weighted by atomic mass is 32.2. The Labute approximate surface area is 173 Å². The normalized spacial score (nSPS) is 12.9. The Kier molecular flexibility index (Phi) is 7.08. The van der Waals surface area contributed by atoms with Crippen LogP contribution in [0.3, 0.4) is 0 Å². The molecule has 1 atom stereocenters. The molecule has 0 fully saturated rings. The van der Waals surface area contributed by atoms with E-state index in [1.54, 1.807) is 19.9 Å². The van der Waals surface area contributed by atoms with Gasteiger partial charge in [0.2, 0.25) is 10.0 Å². The van der Waals surface area contributed by atoms with Gasteiger partial charge in [-0.3, -0.25) is 4.79 Å². The molecule has 0 aromatic heterocycles. The van der Waals surface area contributed by atoms with Crippen LogP contribution in [0, 0.1) is 13.8 Å². The van der Waals surface area contributed by atoms with Crippen molar-refractivity contribution in [3.05, 3.63) is 53.1 Å². The molecule has 7 heteroatoms. The third kappa shape index (κ3) is 5.36. The lowest BCUT2D eigenvalue weighted by molar-refractivity contribution is -0.122. The number of carbonyl (C=O) groups excluding carboxylic acids is 1. The van der Waals surface area contributed by atoms with E-state index < -0.39 is 16.1 Å². The predicted octanol–water partition coefficient (Wildman–Crippen LogP) is 4.08. The number of sulfonamides is 1. The van der Waals surface area contributed by atoms with Crippen LogP contribution in [-0.2, 0) is 14.8 Å². The van der Waals surface area contributed by atoms with Crippen molar-refractivity contribution in [2.24, 2.45) is 0 Å². The van der Waals surface area contributed by atoms with Gasteiger partial charge in [0.15, 0.2) is 6.10 Å². The number of carbonyl (C=O) groups is 1. The lowest BCUT2D eigenvalue weighted by atomic mass is 9.98. The fourth-order valence-electron chi connectivity index (χ4n) is 2.97. The zero-order chi connectivity index (χ0) is 21.9. The number of anilines is 1. The van der Waals surface area contributed by atoms with Crippen LogP contribution in [0.2, 0.25) is 0 Å². The van der Waals surface area contributed by atoms with Crippen molar-refractivity contribution in [1.29, 1.82) is 0 Å². The SMILES string of the molecule is Cc1ccc(S(=O)(=O)N(C)C)cc1NC(=O)C(C)Oc1ccc(C(C)C)c(C)c1. The van der Waals surface area contributed by atoms with Gasteiger partial charge in [0.1, 0.15) is 5.75 Å². The maximum atomic E-state index is 12.6. The summed E-state index contributed by atoms with van der Waals surface area (Å²) < 4.78 is 31.6. The van der Waals surface area contributed by atoms with Crippen LogP contribution in [-0.4, -0.2) is 38.8 Å². The first-order valence-corrected chi connectivity index (χ1v) is 11.0. The lowest BCUT2D eigenvalue weighted by Crippen LogP contribution is -2.30. The molecular weight excluding hydrogens is 388 g/mol. The van der Waals surface area contributed by atoms with Gasteiger partial charge in [-0.1, -0.05) is 26.0 Å². The highest BCUT2D eigenvalue weighted by molar-refractivity contribution is 7.89. The van der Waals surface area contributed by atoms with Crippen LogP contribution >= 0.6 is 0 Å². The molecule has 2 aromatic rings. The van der Waals surface area contributed by atoms with E-state index in [0.29, 0.717) is 17.4 Å². The standard InChI is InChI=1S/C22H30N2O4S/c1-14(2)20-11-9-18(12-16(20)4)28-17(5)22(25)23-21-13-19(10-8-15(21)3)29(26,27)24(6)7/h8-14,17H,1-7H3,(H,23,25). The van der Waals surface area contributed by atoms with Gasteiger partial charge in [-0.25, -0.2) is 12.7 Å². The molecule has 0 spiro atoms. The van der Waals surface area contributed by atoms with Crippen molar-refractivity contribution in [2.45, 2.75) is 51.5 Å².